The van der Waals surface area contributed by atoms with Gasteiger partial charge in [-0.2, -0.15) is 5.26 Å². The summed E-state index contributed by atoms with van der Waals surface area (Å²) in [6.07, 6.45) is 0. The molecule has 1 unspecified atom stereocenters. The summed E-state index contributed by atoms with van der Waals surface area (Å²) in [6, 6.07) is 7.00. The Bertz CT molecular complexity index is 817. The Kier molecular flexibility index (Phi) is 3.14. The van der Waals surface area contributed by atoms with Gasteiger partial charge in [0.25, 0.3) is 0 Å². The van der Waals surface area contributed by atoms with E-state index in [0.29, 0.717) is 17.2 Å². The van der Waals surface area contributed by atoms with Crippen LogP contribution in [0.3, 0.4) is 0 Å². The van der Waals surface area contributed by atoms with Gasteiger partial charge in [0, 0.05) is 11.3 Å². The lowest BCUT2D eigenvalue weighted by Gasteiger charge is -2.24. The molecule has 0 saturated carbocycles. The van der Waals surface area contributed by atoms with Crippen LogP contribution in [-0.4, -0.2) is 22.4 Å². The highest BCUT2D eigenvalue weighted by atomic mass is 16.5. The number of nitrogens with two attached hydrogens (primary N) is 1. The lowest BCUT2D eigenvalue weighted by molar-refractivity contribution is 0.371. The van der Waals surface area contributed by atoms with Gasteiger partial charge in [-0.1, -0.05) is 6.07 Å². The number of ether oxygens (including phenoxy) is 2. The van der Waals surface area contributed by atoms with Crippen LogP contribution in [0.1, 0.15) is 22.7 Å². The van der Waals surface area contributed by atoms with Gasteiger partial charge in [0.2, 0.25) is 11.8 Å². The van der Waals surface area contributed by atoms with Crippen molar-refractivity contribution in [3.8, 4) is 23.4 Å². The fraction of sp³-hybridized carbons (Fsp3) is 0.200. The predicted octanol–water partition coefficient (Wildman–Crippen LogP) is 1.65. The van der Waals surface area contributed by atoms with Crippen molar-refractivity contribution >= 4 is 0 Å². The smallest absolute Gasteiger partial charge is 0.244 e. The highest BCUT2D eigenvalue weighted by molar-refractivity contribution is 5.57. The number of aromatic amines is 1. The number of hydrogen-bond donors (Lipinski definition) is 3. The molecule has 112 valence electrons. The Labute approximate surface area is 126 Å². The van der Waals surface area contributed by atoms with Crippen molar-refractivity contribution in [1.29, 1.82) is 5.26 Å². The summed E-state index contributed by atoms with van der Waals surface area (Å²) in [4.78, 5) is 0. The third-order valence-corrected chi connectivity index (χ3v) is 3.67. The summed E-state index contributed by atoms with van der Waals surface area (Å²) in [6.45, 7) is 1.84. The molecule has 1 aliphatic heterocycles. The Hall–Kier alpha value is -3.14. The van der Waals surface area contributed by atoms with E-state index in [1.807, 2.05) is 6.92 Å². The first-order valence-electron chi connectivity index (χ1n) is 6.56. The molecule has 0 spiro atoms. The van der Waals surface area contributed by atoms with Crippen LogP contribution in [0.4, 0.5) is 0 Å². The molecule has 0 bridgehead atoms. The maximum Gasteiger partial charge on any atom is 0.244 e. The van der Waals surface area contributed by atoms with Crippen molar-refractivity contribution in [1.82, 2.24) is 10.2 Å². The molecule has 1 aliphatic rings. The molecular formula is C15H14N4O3. The van der Waals surface area contributed by atoms with Gasteiger partial charge in [-0.25, -0.2) is 0 Å². The second-order valence-corrected chi connectivity index (χ2v) is 4.92. The number of phenols is 1. The van der Waals surface area contributed by atoms with Crippen molar-refractivity contribution in [2.45, 2.75) is 12.8 Å². The molecule has 3 rings (SSSR count). The van der Waals surface area contributed by atoms with Gasteiger partial charge < -0.3 is 20.3 Å². The average molecular weight is 298 g/mol. The monoisotopic (exact) mass is 298 g/mol. The van der Waals surface area contributed by atoms with Crippen molar-refractivity contribution < 1.29 is 14.6 Å². The lowest BCUT2D eigenvalue weighted by Crippen LogP contribution is -2.21. The summed E-state index contributed by atoms with van der Waals surface area (Å²) in [5.74, 6) is 0.298. The number of aromatic hydroxyl groups is 1. The number of benzene rings is 1. The average Bonchev–Trinajstić information content (AvgIpc) is 2.87. The molecule has 0 radical (unpaired) electrons. The molecule has 4 N–H and O–H groups in total. The SMILES string of the molecule is COc1cc(C2C(C#N)=C(N)Oc3n[nH]c(C)c32)ccc1O. The van der Waals surface area contributed by atoms with Crippen LogP contribution in [-0.2, 0) is 0 Å². The second-order valence-electron chi connectivity index (χ2n) is 4.92. The van der Waals surface area contributed by atoms with Crippen LogP contribution < -0.4 is 15.2 Å². The number of hydrogen-bond acceptors (Lipinski definition) is 6. The van der Waals surface area contributed by atoms with Crippen LogP contribution in [0.5, 0.6) is 17.4 Å². The number of aromatic nitrogens is 2. The van der Waals surface area contributed by atoms with E-state index >= 15 is 0 Å². The highest BCUT2D eigenvalue weighted by Gasteiger charge is 2.34. The molecule has 1 aromatic heterocycles. The number of aryl methyl sites for hydroxylation is 1. The quantitative estimate of drug-likeness (QED) is 0.776. The summed E-state index contributed by atoms with van der Waals surface area (Å²) in [5.41, 5.74) is 8.42. The molecule has 1 aromatic carbocycles. The Balaban J connectivity index is 2.23. The maximum atomic E-state index is 9.75. The summed E-state index contributed by atoms with van der Waals surface area (Å²) in [7, 11) is 1.47. The van der Waals surface area contributed by atoms with Gasteiger partial charge in [0.1, 0.15) is 11.6 Å². The zero-order valence-electron chi connectivity index (χ0n) is 12.0. The maximum absolute atomic E-state index is 9.75. The second kappa shape index (κ2) is 5.00. The number of H-pyrrole nitrogens is 1. The Morgan fingerprint density at radius 2 is 2.27 bits per heavy atom. The lowest BCUT2D eigenvalue weighted by atomic mass is 9.84. The molecule has 2 aromatic rings. The number of phenolic OH excluding ortho intramolecular Hbond substituents is 1. The number of fused-ring (bicyclic) bond motifs is 1. The molecule has 2 heterocycles. The van der Waals surface area contributed by atoms with Crippen molar-refractivity contribution in [3.63, 3.8) is 0 Å². The molecule has 1 atom stereocenters. The fourth-order valence-electron chi connectivity index (χ4n) is 2.61. The number of nitrogens with zero attached hydrogens (tertiary/aromatic N) is 2. The summed E-state index contributed by atoms with van der Waals surface area (Å²) < 4.78 is 10.5. The van der Waals surface area contributed by atoms with Crippen molar-refractivity contribution in [3.05, 3.63) is 46.5 Å². The first-order valence-corrected chi connectivity index (χ1v) is 6.56. The molecule has 7 nitrogen and oxygen atoms in total. The van der Waals surface area contributed by atoms with Crippen LogP contribution in [0, 0.1) is 18.3 Å². The molecular weight excluding hydrogens is 284 g/mol. The summed E-state index contributed by atoms with van der Waals surface area (Å²) >= 11 is 0. The number of methoxy groups -OCH3 is 1. The third kappa shape index (κ3) is 1.93. The van der Waals surface area contributed by atoms with E-state index < -0.39 is 5.92 Å². The van der Waals surface area contributed by atoms with E-state index in [1.54, 1.807) is 12.1 Å². The summed E-state index contributed by atoms with van der Waals surface area (Å²) in [5, 5.41) is 26.1. The number of nitrogens with one attached hydrogen (secondary N) is 1. The Morgan fingerprint density at radius 3 is 2.95 bits per heavy atom. The van der Waals surface area contributed by atoms with Crippen molar-refractivity contribution in [2.24, 2.45) is 5.73 Å². The minimum atomic E-state index is -0.429. The van der Waals surface area contributed by atoms with Gasteiger partial charge in [-0.3, -0.25) is 5.10 Å². The van der Waals surface area contributed by atoms with Gasteiger partial charge in [0.05, 0.1) is 13.0 Å². The normalized spacial score (nSPS) is 16.7. The number of nitriles is 1. The van der Waals surface area contributed by atoms with Crippen LogP contribution >= 0.6 is 0 Å². The minimum absolute atomic E-state index is 0.0258. The zero-order chi connectivity index (χ0) is 15.9. The number of rotatable bonds is 2. The van der Waals surface area contributed by atoms with Gasteiger partial charge in [-0.15, -0.1) is 5.10 Å². The third-order valence-electron chi connectivity index (χ3n) is 3.67. The molecule has 0 saturated heterocycles. The van der Waals surface area contributed by atoms with E-state index in [0.717, 1.165) is 16.8 Å². The minimum Gasteiger partial charge on any atom is -0.504 e. The fourth-order valence-corrected chi connectivity index (χ4v) is 2.61. The topological polar surface area (TPSA) is 117 Å². The van der Waals surface area contributed by atoms with Crippen LogP contribution in [0.2, 0.25) is 0 Å². The van der Waals surface area contributed by atoms with E-state index in [-0.39, 0.29) is 11.6 Å². The van der Waals surface area contributed by atoms with Crippen LogP contribution in [0.15, 0.2) is 29.7 Å². The van der Waals surface area contributed by atoms with Crippen molar-refractivity contribution in [2.75, 3.05) is 7.11 Å². The van der Waals surface area contributed by atoms with Gasteiger partial charge in [-0.05, 0) is 24.6 Å². The largest absolute Gasteiger partial charge is 0.504 e. The Morgan fingerprint density at radius 1 is 1.50 bits per heavy atom. The standard InChI is InChI=1S/C15H14N4O3/c1-7-12-13(8-3-4-10(20)11(5-8)21-2)9(6-16)14(17)22-15(12)19-18-7/h3-5,13,20H,17H2,1-2H3,(H,18,19). The van der Waals surface area contributed by atoms with E-state index in [1.165, 1.54) is 13.2 Å². The molecule has 7 heteroatoms. The van der Waals surface area contributed by atoms with E-state index in [9.17, 15) is 10.4 Å². The molecule has 0 amide bonds. The van der Waals surface area contributed by atoms with Crippen LogP contribution in [0.25, 0.3) is 0 Å². The highest BCUT2D eigenvalue weighted by Crippen LogP contribution is 2.44. The molecule has 0 aliphatic carbocycles. The predicted molar refractivity (Wildman–Crippen MR) is 77.3 cm³/mol. The van der Waals surface area contributed by atoms with Gasteiger partial charge in [0.15, 0.2) is 11.5 Å². The van der Waals surface area contributed by atoms with Gasteiger partial charge >= 0.3 is 0 Å². The molecule has 22 heavy (non-hydrogen) atoms. The van der Waals surface area contributed by atoms with E-state index in [2.05, 4.69) is 16.3 Å². The molecule has 0 fully saturated rings. The first kappa shape index (κ1) is 13.8. The van der Waals surface area contributed by atoms with E-state index in [4.69, 9.17) is 15.2 Å². The number of allylic oxidation sites excluding steroid dienone is 1. The first-order chi connectivity index (χ1) is 10.6. The zero-order valence-corrected chi connectivity index (χ0v) is 12.0.